The highest BCUT2D eigenvalue weighted by Gasteiger charge is 2.29. The molecule has 28 heavy (non-hydrogen) atoms. The Kier molecular flexibility index (Phi) is 6.15. The lowest BCUT2D eigenvalue weighted by Crippen LogP contribution is -2.55. The van der Waals surface area contributed by atoms with Gasteiger partial charge in [-0.2, -0.15) is 5.10 Å². The van der Waals surface area contributed by atoms with Crippen LogP contribution in [-0.4, -0.2) is 59.0 Å². The predicted molar refractivity (Wildman–Crippen MR) is 110 cm³/mol. The highest BCUT2D eigenvalue weighted by molar-refractivity contribution is 6.04. The number of carbonyl (C=O) groups excluding carboxylic acids is 1. The van der Waals surface area contributed by atoms with Gasteiger partial charge in [-0.15, -0.1) is 0 Å². The highest BCUT2D eigenvalue weighted by atomic mass is 16.5. The van der Waals surface area contributed by atoms with Crippen molar-refractivity contribution in [2.24, 2.45) is 5.92 Å². The molecule has 0 saturated carbocycles. The first kappa shape index (κ1) is 20.5. The molecule has 152 valence electrons. The second kappa shape index (κ2) is 8.41. The summed E-state index contributed by atoms with van der Waals surface area (Å²) in [6, 6.07) is 7.17. The number of carbonyl (C=O) groups is 1. The normalized spacial score (nSPS) is 15.9. The average molecular weight is 386 g/mol. The van der Waals surface area contributed by atoms with Gasteiger partial charge in [0, 0.05) is 37.1 Å². The molecule has 0 atom stereocenters. The number of nitrogens with zero attached hydrogens (tertiary/aromatic N) is 3. The first-order valence-electron chi connectivity index (χ1n) is 9.90. The van der Waals surface area contributed by atoms with Gasteiger partial charge in [0.25, 0.3) is 11.5 Å². The minimum Gasteiger partial charge on any atom is -0.379 e. The Morgan fingerprint density at radius 3 is 2.50 bits per heavy atom. The third-order valence-corrected chi connectivity index (χ3v) is 5.17. The Bertz CT molecular complexity index is 898. The summed E-state index contributed by atoms with van der Waals surface area (Å²) in [5, 5.41) is 8.56. The van der Waals surface area contributed by atoms with E-state index >= 15 is 0 Å². The molecular formula is C21H30N4O3. The largest absolute Gasteiger partial charge is 0.379 e. The smallest absolute Gasteiger partial charge is 0.274 e. The standard InChI is InChI=1S/C21H30N4O3/c1-15(2)13-25-20(27)17-8-6-5-7-16(17)18(23-25)19(26)22-14-21(3,4)24-9-11-28-12-10-24/h5-8,15H,9-14H2,1-4H3,(H,22,26). The van der Waals surface area contributed by atoms with E-state index in [0.29, 0.717) is 42.8 Å². The molecule has 1 aromatic heterocycles. The molecule has 1 fully saturated rings. The Hall–Kier alpha value is -2.25. The van der Waals surface area contributed by atoms with Crippen LogP contribution < -0.4 is 10.9 Å². The Balaban J connectivity index is 1.86. The predicted octanol–water partition coefficient (Wildman–Crippen LogP) is 1.89. The maximum atomic E-state index is 13.0. The molecule has 0 spiro atoms. The topological polar surface area (TPSA) is 76.5 Å². The summed E-state index contributed by atoms with van der Waals surface area (Å²) in [4.78, 5) is 28.0. The summed E-state index contributed by atoms with van der Waals surface area (Å²) in [6.07, 6.45) is 0. The van der Waals surface area contributed by atoms with E-state index in [9.17, 15) is 9.59 Å². The lowest BCUT2D eigenvalue weighted by Gasteiger charge is -2.40. The van der Waals surface area contributed by atoms with E-state index in [-0.39, 0.29) is 22.9 Å². The van der Waals surface area contributed by atoms with E-state index in [1.807, 2.05) is 26.0 Å². The van der Waals surface area contributed by atoms with Crippen LogP contribution in [0.3, 0.4) is 0 Å². The molecule has 1 saturated heterocycles. The molecule has 7 nitrogen and oxygen atoms in total. The molecule has 0 bridgehead atoms. The molecular weight excluding hydrogens is 356 g/mol. The Labute approximate surface area is 165 Å². The average Bonchev–Trinajstić information content (AvgIpc) is 2.69. The van der Waals surface area contributed by atoms with E-state index in [2.05, 4.69) is 29.2 Å². The van der Waals surface area contributed by atoms with Gasteiger partial charge in [0.05, 0.1) is 18.6 Å². The molecule has 0 aliphatic carbocycles. The fraction of sp³-hybridized carbons (Fsp3) is 0.571. The highest BCUT2D eigenvalue weighted by Crippen LogP contribution is 2.17. The van der Waals surface area contributed by atoms with Crippen LogP contribution in [0.15, 0.2) is 29.1 Å². The number of aromatic nitrogens is 2. The summed E-state index contributed by atoms with van der Waals surface area (Å²) in [5.74, 6) is -0.00225. The minimum absolute atomic E-state index is 0.158. The number of hydrogen-bond acceptors (Lipinski definition) is 5. The van der Waals surface area contributed by atoms with E-state index < -0.39 is 0 Å². The summed E-state index contributed by atoms with van der Waals surface area (Å²) in [6.45, 7) is 12.4. The number of fused-ring (bicyclic) bond motifs is 1. The van der Waals surface area contributed by atoms with Crippen LogP contribution >= 0.6 is 0 Å². The van der Waals surface area contributed by atoms with Crippen molar-refractivity contribution in [2.45, 2.75) is 39.8 Å². The van der Waals surface area contributed by atoms with Gasteiger partial charge < -0.3 is 10.1 Å². The number of nitrogens with one attached hydrogen (secondary N) is 1. The lowest BCUT2D eigenvalue weighted by molar-refractivity contribution is -0.00924. The van der Waals surface area contributed by atoms with E-state index in [4.69, 9.17) is 4.74 Å². The first-order chi connectivity index (χ1) is 13.3. The molecule has 1 aliphatic rings. The van der Waals surface area contributed by atoms with Crippen LogP contribution in [0, 0.1) is 5.92 Å². The van der Waals surface area contributed by atoms with Crippen molar-refractivity contribution >= 4 is 16.7 Å². The van der Waals surface area contributed by atoms with Crippen LogP contribution in [0.4, 0.5) is 0 Å². The summed E-state index contributed by atoms with van der Waals surface area (Å²) >= 11 is 0. The van der Waals surface area contributed by atoms with E-state index in [1.54, 1.807) is 12.1 Å². The zero-order valence-corrected chi connectivity index (χ0v) is 17.2. The zero-order chi connectivity index (χ0) is 20.3. The SMILES string of the molecule is CC(C)Cn1nc(C(=O)NCC(C)(C)N2CCOCC2)c2ccccc2c1=O. The lowest BCUT2D eigenvalue weighted by atomic mass is 10.0. The fourth-order valence-electron chi connectivity index (χ4n) is 3.53. The minimum atomic E-state index is -0.255. The van der Waals surface area contributed by atoms with Crippen molar-refractivity contribution in [3.05, 3.63) is 40.3 Å². The molecule has 7 heteroatoms. The van der Waals surface area contributed by atoms with Crippen LogP contribution in [0.2, 0.25) is 0 Å². The van der Waals surface area contributed by atoms with Crippen LogP contribution in [0.5, 0.6) is 0 Å². The number of amides is 1. The van der Waals surface area contributed by atoms with E-state index in [1.165, 1.54) is 4.68 Å². The number of ether oxygens (including phenoxy) is 1. The quantitative estimate of drug-likeness (QED) is 0.821. The van der Waals surface area contributed by atoms with Gasteiger partial charge in [-0.1, -0.05) is 32.0 Å². The molecule has 1 amide bonds. The maximum Gasteiger partial charge on any atom is 0.274 e. The van der Waals surface area contributed by atoms with Crippen molar-refractivity contribution < 1.29 is 9.53 Å². The zero-order valence-electron chi connectivity index (χ0n) is 17.2. The molecule has 2 heterocycles. The van der Waals surface area contributed by atoms with Gasteiger partial charge in [-0.3, -0.25) is 14.5 Å². The Morgan fingerprint density at radius 1 is 1.21 bits per heavy atom. The third-order valence-electron chi connectivity index (χ3n) is 5.17. The van der Waals surface area contributed by atoms with Crippen molar-refractivity contribution in [3.8, 4) is 0 Å². The molecule has 0 radical (unpaired) electrons. The van der Waals surface area contributed by atoms with Crippen molar-refractivity contribution in [1.82, 2.24) is 20.0 Å². The van der Waals surface area contributed by atoms with Crippen molar-refractivity contribution in [3.63, 3.8) is 0 Å². The molecule has 2 aromatic rings. The van der Waals surface area contributed by atoms with Crippen molar-refractivity contribution in [2.75, 3.05) is 32.8 Å². The van der Waals surface area contributed by atoms with Crippen LogP contribution in [0.25, 0.3) is 10.8 Å². The van der Waals surface area contributed by atoms with Gasteiger partial charge in [-0.05, 0) is 25.8 Å². The summed E-state index contributed by atoms with van der Waals surface area (Å²) in [5.41, 5.74) is -0.0511. The number of morpholine rings is 1. The van der Waals surface area contributed by atoms with Gasteiger partial charge in [0.2, 0.25) is 0 Å². The van der Waals surface area contributed by atoms with Crippen LogP contribution in [0.1, 0.15) is 38.2 Å². The van der Waals surface area contributed by atoms with Crippen molar-refractivity contribution in [1.29, 1.82) is 0 Å². The fourth-order valence-corrected chi connectivity index (χ4v) is 3.53. The van der Waals surface area contributed by atoms with Gasteiger partial charge in [0.1, 0.15) is 0 Å². The number of hydrogen-bond donors (Lipinski definition) is 1. The molecule has 1 aliphatic heterocycles. The van der Waals surface area contributed by atoms with Gasteiger partial charge >= 0.3 is 0 Å². The summed E-state index contributed by atoms with van der Waals surface area (Å²) < 4.78 is 6.83. The molecule has 1 aromatic carbocycles. The second-order valence-corrected chi connectivity index (χ2v) is 8.37. The summed E-state index contributed by atoms with van der Waals surface area (Å²) in [7, 11) is 0. The van der Waals surface area contributed by atoms with Crippen LogP contribution in [-0.2, 0) is 11.3 Å². The molecule has 0 unspecified atom stereocenters. The number of benzene rings is 1. The molecule has 3 rings (SSSR count). The van der Waals surface area contributed by atoms with Gasteiger partial charge in [0.15, 0.2) is 5.69 Å². The maximum absolute atomic E-state index is 13.0. The van der Waals surface area contributed by atoms with Gasteiger partial charge in [-0.25, -0.2) is 4.68 Å². The monoisotopic (exact) mass is 386 g/mol. The first-order valence-corrected chi connectivity index (χ1v) is 9.90. The number of rotatable bonds is 6. The molecule has 1 N–H and O–H groups in total. The van der Waals surface area contributed by atoms with E-state index in [0.717, 1.165) is 13.1 Å². The Morgan fingerprint density at radius 2 is 1.86 bits per heavy atom. The third kappa shape index (κ3) is 4.42. The second-order valence-electron chi connectivity index (χ2n) is 8.37.